The second-order valence-electron chi connectivity index (χ2n) is 10.8. The molecular formula is C26H38O3. The van der Waals surface area contributed by atoms with Crippen LogP contribution in [0.15, 0.2) is 23.3 Å². The number of allylic oxidation sites excluding steroid dienone is 3. The maximum Gasteiger partial charge on any atom is 0.146 e. The highest BCUT2D eigenvalue weighted by molar-refractivity contribution is 5.42. The van der Waals surface area contributed by atoms with Crippen molar-refractivity contribution in [3.8, 4) is 11.8 Å². The van der Waals surface area contributed by atoms with Gasteiger partial charge in [-0.3, -0.25) is 0 Å². The first-order valence-electron chi connectivity index (χ1n) is 11.4. The minimum atomic E-state index is -0.925. The first-order chi connectivity index (χ1) is 13.7. The van der Waals surface area contributed by atoms with Crippen molar-refractivity contribution in [3.63, 3.8) is 0 Å². The molecule has 0 bridgehead atoms. The van der Waals surface area contributed by atoms with Gasteiger partial charge in [0.1, 0.15) is 12.4 Å². The lowest BCUT2D eigenvalue weighted by Crippen LogP contribution is -2.50. The van der Waals surface area contributed by atoms with E-state index in [2.05, 4.69) is 37.8 Å². The molecule has 0 radical (unpaired) electrons. The zero-order chi connectivity index (χ0) is 20.9. The van der Waals surface area contributed by atoms with E-state index in [1.807, 2.05) is 0 Å². The molecule has 0 aromatic heterocycles. The number of rotatable bonds is 3. The predicted octanol–water partition coefficient (Wildman–Crippen LogP) is 5.25. The van der Waals surface area contributed by atoms with Gasteiger partial charge in [0.15, 0.2) is 0 Å². The number of aliphatic hydroxyl groups is 1. The lowest BCUT2D eigenvalue weighted by molar-refractivity contribution is -0.0944. The highest BCUT2D eigenvalue weighted by Gasteiger charge is 2.56. The monoisotopic (exact) mass is 398 g/mol. The summed E-state index contributed by atoms with van der Waals surface area (Å²) in [5.74, 6) is 8.64. The molecule has 0 aliphatic heterocycles. The van der Waals surface area contributed by atoms with Crippen LogP contribution in [0.25, 0.3) is 0 Å². The van der Waals surface area contributed by atoms with Crippen molar-refractivity contribution >= 4 is 0 Å². The molecule has 0 heterocycles. The molecule has 3 nitrogen and oxygen atoms in total. The SMILES string of the molecule is COCO[C@H]1CC[C@@]2(C)C(=CC[C@@H]3[C@@H]2CC[C@]2(C)C(C#CC(C)(C)O)=CC[C@@H]32)C1. The van der Waals surface area contributed by atoms with Crippen molar-refractivity contribution in [1.82, 2.24) is 0 Å². The summed E-state index contributed by atoms with van der Waals surface area (Å²) in [6, 6.07) is 0. The molecule has 4 aliphatic rings. The fourth-order valence-corrected chi connectivity index (χ4v) is 6.92. The van der Waals surface area contributed by atoms with E-state index < -0.39 is 5.60 Å². The molecule has 0 amide bonds. The maximum atomic E-state index is 10.1. The summed E-state index contributed by atoms with van der Waals surface area (Å²) in [6.07, 6.45) is 13.6. The van der Waals surface area contributed by atoms with Gasteiger partial charge < -0.3 is 14.6 Å². The van der Waals surface area contributed by atoms with E-state index >= 15 is 0 Å². The Bertz CT molecular complexity index is 761. The van der Waals surface area contributed by atoms with Crippen LogP contribution in [-0.4, -0.2) is 30.7 Å². The fourth-order valence-electron chi connectivity index (χ4n) is 6.92. The summed E-state index contributed by atoms with van der Waals surface area (Å²) in [5.41, 5.74) is 2.51. The summed E-state index contributed by atoms with van der Waals surface area (Å²) >= 11 is 0. The summed E-state index contributed by atoms with van der Waals surface area (Å²) in [7, 11) is 1.70. The molecule has 1 N–H and O–H groups in total. The third kappa shape index (κ3) is 3.73. The molecule has 2 fully saturated rings. The molecular weight excluding hydrogens is 360 g/mol. The van der Waals surface area contributed by atoms with Gasteiger partial charge >= 0.3 is 0 Å². The molecule has 0 spiro atoms. The van der Waals surface area contributed by atoms with Gasteiger partial charge in [-0.2, -0.15) is 0 Å². The largest absolute Gasteiger partial charge is 0.378 e. The highest BCUT2D eigenvalue weighted by Crippen LogP contribution is 2.64. The zero-order valence-corrected chi connectivity index (χ0v) is 18.9. The lowest BCUT2D eigenvalue weighted by Gasteiger charge is -2.57. The number of hydrogen-bond acceptors (Lipinski definition) is 3. The van der Waals surface area contributed by atoms with Gasteiger partial charge in [-0.15, -0.1) is 0 Å². The van der Waals surface area contributed by atoms with E-state index in [1.165, 1.54) is 31.3 Å². The first kappa shape index (κ1) is 21.2. The Morgan fingerprint density at radius 1 is 1.10 bits per heavy atom. The molecule has 3 heteroatoms. The molecule has 4 rings (SSSR count). The third-order valence-corrected chi connectivity index (χ3v) is 8.56. The molecule has 6 atom stereocenters. The Balaban J connectivity index is 1.54. The Kier molecular flexibility index (Phi) is 5.52. The van der Waals surface area contributed by atoms with Crippen LogP contribution in [0.2, 0.25) is 0 Å². The summed E-state index contributed by atoms with van der Waals surface area (Å²) in [6.45, 7) is 8.91. The number of hydrogen-bond donors (Lipinski definition) is 1. The van der Waals surface area contributed by atoms with Gasteiger partial charge in [-0.1, -0.05) is 43.4 Å². The Labute approximate surface area is 176 Å². The minimum Gasteiger partial charge on any atom is -0.378 e. The molecule has 0 unspecified atom stereocenters. The van der Waals surface area contributed by atoms with E-state index in [0.29, 0.717) is 24.2 Å². The van der Waals surface area contributed by atoms with Gasteiger partial charge in [0.25, 0.3) is 0 Å². The summed E-state index contributed by atoms with van der Waals surface area (Å²) in [5, 5.41) is 10.1. The van der Waals surface area contributed by atoms with E-state index in [9.17, 15) is 5.11 Å². The van der Waals surface area contributed by atoms with E-state index in [4.69, 9.17) is 9.47 Å². The minimum absolute atomic E-state index is 0.180. The van der Waals surface area contributed by atoms with Crippen molar-refractivity contribution < 1.29 is 14.6 Å². The predicted molar refractivity (Wildman–Crippen MR) is 116 cm³/mol. The van der Waals surface area contributed by atoms with Crippen LogP contribution < -0.4 is 0 Å². The Morgan fingerprint density at radius 2 is 1.86 bits per heavy atom. The second-order valence-corrected chi connectivity index (χ2v) is 10.8. The van der Waals surface area contributed by atoms with Crippen molar-refractivity contribution in [3.05, 3.63) is 23.3 Å². The van der Waals surface area contributed by atoms with E-state index in [0.717, 1.165) is 31.1 Å². The maximum absolute atomic E-state index is 10.1. The van der Waals surface area contributed by atoms with Crippen LogP contribution in [0.4, 0.5) is 0 Å². The highest BCUT2D eigenvalue weighted by atomic mass is 16.7. The molecule has 29 heavy (non-hydrogen) atoms. The fraction of sp³-hybridized carbons (Fsp3) is 0.769. The zero-order valence-electron chi connectivity index (χ0n) is 18.9. The third-order valence-electron chi connectivity index (χ3n) is 8.56. The first-order valence-corrected chi connectivity index (χ1v) is 11.4. The molecule has 0 aromatic carbocycles. The average molecular weight is 399 g/mol. The number of methoxy groups -OCH3 is 1. The van der Waals surface area contributed by atoms with Crippen LogP contribution in [0.5, 0.6) is 0 Å². The summed E-state index contributed by atoms with van der Waals surface area (Å²) in [4.78, 5) is 0. The Hall–Kier alpha value is -1.08. The second kappa shape index (κ2) is 7.56. The van der Waals surface area contributed by atoms with Gasteiger partial charge in [0.2, 0.25) is 0 Å². The van der Waals surface area contributed by atoms with Gasteiger partial charge in [0.05, 0.1) is 6.10 Å². The van der Waals surface area contributed by atoms with Crippen molar-refractivity contribution in [2.75, 3.05) is 13.9 Å². The number of ether oxygens (including phenoxy) is 2. The standard InChI is InChI=1S/C26H38O3/c1-24(2,27)13-10-18-7-9-22-21-8-6-19-16-20(29-17-28-5)11-14-26(19,4)23(21)12-15-25(18,22)3/h6-7,20-23,27H,8-9,11-12,14-17H2,1-5H3/t20-,21-,22-,23-,25+,26-/m0/s1. The molecule has 0 saturated heterocycles. The van der Waals surface area contributed by atoms with Crippen LogP contribution in [0, 0.1) is 40.4 Å². The quantitative estimate of drug-likeness (QED) is 0.401. The van der Waals surface area contributed by atoms with Crippen LogP contribution in [0.3, 0.4) is 0 Å². The molecule has 2 saturated carbocycles. The van der Waals surface area contributed by atoms with Crippen LogP contribution in [-0.2, 0) is 9.47 Å². The van der Waals surface area contributed by atoms with Crippen molar-refractivity contribution in [2.45, 2.75) is 84.3 Å². The van der Waals surface area contributed by atoms with Gasteiger partial charge in [-0.05, 0) is 82.0 Å². The van der Waals surface area contributed by atoms with Gasteiger partial charge in [0, 0.05) is 18.1 Å². The van der Waals surface area contributed by atoms with Gasteiger partial charge in [-0.25, -0.2) is 0 Å². The van der Waals surface area contributed by atoms with Crippen LogP contribution in [0.1, 0.15) is 72.6 Å². The smallest absolute Gasteiger partial charge is 0.146 e. The van der Waals surface area contributed by atoms with Crippen molar-refractivity contribution in [1.29, 1.82) is 0 Å². The van der Waals surface area contributed by atoms with E-state index in [1.54, 1.807) is 26.5 Å². The molecule has 4 aliphatic carbocycles. The normalized spacial score (nSPS) is 41.3. The average Bonchev–Trinajstić information content (AvgIpc) is 3.00. The van der Waals surface area contributed by atoms with Crippen LogP contribution >= 0.6 is 0 Å². The lowest BCUT2D eigenvalue weighted by atomic mass is 9.47. The van der Waals surface area contributed by atoms with Crippen molar-refractivity contribution in [2.24, 2.45) is 28.6 Å². The van der Waals surface area contributed by atoms with E-state index in [-0.39, 0.29) is 5.41 Å². The Morgan fingerprint density at radius 3 is 2.59 bits per heavy atom. The topological polar surface area (TPSA) is 38.7 Å². The summed E-state index contributed by atoms with van der Waals surface area (Å²) < 4.78 is 11.0. The number of fused-ring (bicyclic) bond motifs is 5. The molecule has 0 aromatic rings. The molecule has 160 valence electrons.